The number of hydrogen-bond donors (Lipinski definition) is 0. The summed E-state index contributed by atoms with van der Waals surface area (Å²) in [5.74, 6) is 0. The molecule has 121 valence electrons. The fourth-order valence-corrected chi connectivity index (χ4v) is 3.60. The predicted octanol–water partition coefficient (Wildman–Crippen LogP) is 6.25. The van der Waals surface area contributed by atoms with Crippen molar-refractivity contribution in [2.45, 2.75) is 0 Å². The molecule has 26 heavy (non-hydrogen) atoms. The maximum atomic E-state index is 3.09. The Labute approximate surface area is 178 Å². The van der Waals surface area contributed by atoms with E-state index in [1.165, 1.54) is 38.6 Å². The first-order valence-corrected chi connectivity index (χ1v) is 8.47. The van der Waals surface area contributed by atoms with Crippen LogP contribution in [0.1, 0.15) is 0 Å². The van der Waals surface area contributed by atoms with Crippen molar-refractivity contribution in [3.8, 4) is 16.8 Å². The Morgan fingerprint density at radius 3 is 1.85 bits per heavy atom. The molecule has 1 heterocycles. The van der Waals surface area contributed by atoms with E-state index in [-0.39, 0.29) is 32.7 Å². The maximum Gasteiger partial charge on any atom is 0.0541 e. The quantitative estimate of drug-likeness (QED) is 0.305. The molecule has 0 amide bonds. The predicted molar refractivity (Wildman–Crippen MR) is 105 cm³/mol. The van der Waals surface area contributed by atoms with Gasteiger partial charge in [-0.15, -0.1) is 5.56 Å². The molecule has 0 aliphatic heterocycles. The SMILES string of the molecule is [Y].[c-]1ccc(-c2cccc(-n3c4ccccc4c4ccccc43)c2)cc1. The second kappa shape index (κ2) is 7.19. The van der Waals surface area contributed by atoms with Gasteiger partial charge in [0.15, 0.2) is 0 Å². The van der Waals surface area contributed by atoms with Crippen molar-refractivity contribution in [2.75, 3.05) is 0 Å². The fourth-order valence-electron chi connectivity index (χ4n) is 3.60. The third-order valence-corrected chi connectivity index (χ3v) is 4.74. The van der Waals surface area contributed by atoms with Crippen LogP contribution >= 0.6 is 0 Å². The molecule has 1 radical (unpaired) electrons. The molecule has 0 bridgehead atoms. The molecule has 0 fully saturated rings. The van der Waals surface area contributed by atoms with Crippen LogP contribution in [0.3, 0.4) is 0 Å². The van der Waals surface area contributed by atoms with Crippen LogP contribution in [0.2, 0.25) is 0 Å². The van der Waals surface area contributed by atoms with Crippen LogP contribution < -0.4 is 0 Å². The van der Waals surface area contributed by atoms with E-state index in [1.54, 1.807) is 0 Å². The Bertz CT molecular complexity index is 1140. The summed E-state index contributed by atoms with van der Waals surface area (Å²) in [6.45, 7) is 0. The molecule has 5 rings (SSSR count). The van der Waals surface area contributed by atoms with E-state index < -0.39 is 0 Å². The number of nitrogens with zero attached hydrogens (tertiary/aromatic N) is 1. The molecule has 0 aliphatic rings. The second-order valence-corrected chi connectivity index (χ2v) is 6.21. The zero-order valence-corrected chi connectivity index (χ0v) is 17.1. The maximum absolute atomic E-state index is 3.09. The smallest absolute Gasteiger partial charge is 0.0541 e. The van der Waals surface area contributed by atoms with Gasteiger partial charge in [-0.05, 0) is 29.8 Å². The number of aromatic nitrogens is 1. The zero-order valence-electron chi connectivity index (χ0n) is 14.3. The van der Waals surface area contributed by atoms with Crippen LogP contribution in [0.15, 0.2) is 97.1 Å². The van der Waals surface area contributed by atoms with Crippen molar-refractivity contribution < 1.29 is 32.7 Å². The molecule has 0 atom stereocenters. The minimum absolute atomic E-state index is 0. The molecule has 0 aliphatic carbocycles. The first kappa shape index (κ1) is 17.2. The monoisotopic (exact) mass is 407 g/mol. The first-order valence-electron chi connectivity index (χ1n) is 8.47. The molecule has 0 unspecified atom stereocenters. The van der Waals surface area contributed by atoms with Gasteiger partial charge in [-0.1, -0.05) is 48.5 Å². The molecule has 0 N–H and O–H groups in total. The van der Waals surface area contributed by atoms with Crippen LogP contribution in [-0.2, 0) is 32.7 Å². The Morgan fingerprint density at radius 1 is 0.577 bits per heavy atom. The molecule has 1 aromatic heterocycles. The number of para-hydroxylation sites is 2. The third kappa shape index (κ3) is 2.82. The van der Waals surface area contributed by atoms with Crippen molar-refractivity contribution in [3.05, 3.63) is 103 Å². The molecule has 0 saturated heterocycles. The minimum atomic E-state index is 0. The molecule has 4 aromatic carbocycles. The molecule has 1 nitrogen and oxygen atoms in total. The van der Waals surface area contributed by atoms with Gasteiger partial charge in [-0.3, -0.25) is 0 Å². The number of benzene rings is 4. The van der Waals surface area contributed by atoms with E-state index >= 15 is 0 Å². The summed E-state index contributed by atoms with van der Waals surface area (Å²) in [6.07, 6.45) is 0. The van der Waals surface area contributed by atoms with Crippen molar-refractivity contribution >= 4 is 21.8 Å². The van der Waals surface area contributed by atoms with Crippen molar-refractivity contribution in [2.24, 2.45) is 0 Å². The van der Waals surface area contributed by atoms with Crippen LogP contribution in [0.25, 0.3) is 38.6 Å². The molecular weight excluding hydrogens is 391 g/mol. The van der Waals surface area contributed by atoms with E-state index in [9.17, 15) is 0 Å². The van der Waals surface area contributed by atoms with Crippen LogP contribution in [0.5, 0.6) is 0 Å². The largest absolute Gasteiger partial charge is 0.309 e. The summed E-state index contributed by atoms with van der Waals surface area (Å²) in [5, 5.41) is 2.58. The fraction of sp³-hybridized carbons (Fsp3) is 0. The van der Waals surface area contributed by atoms with Gasteiger partial charge >= 0.3 is 0 Å². The summed E-state index contributed by atoms with van der Waals surface area (Å²) in [6, 6.07) is 37.2. The average molecular weight is 407 g/mol. The topological polar surface area (TPSA) is 4.93 Å². The normalized spacial score (nSPS) is 10.8. The number of fused-ring (bicyclic) bond motifs is 3. The Morgan fingerprint density at radius 2 is 1.19 bits per heavy atom. The average Bonchev–Trinajstić information content (AvgIpc) is 3.03. The van der Waals surface area contributed by atoms with Crippen molar-refractivity contribution in [3.63, 3.8) is 0 Å². The number of rotatable bonds is 2. The van der Waals surface area contributed by atoms with Gasteiger partial charge in [0.1, 0.15) is 0 Å². The van der Waals surface area contributed by atoms with Gasteiger partial charge in [-0.2, -0.15) is 30.3 Å². The Kier molecular flexibility index (Phi) is 4.76. The van der Waals surface area contributed by atoms with E-state index in [2.05, 4.69) is 95.6 Å². The van der Waals surface area contributed by atoms with E-state index in [1.807, 2.05) is 12.1 Å². The van der Waals surface area contributed by atoms with Crippen LogP contribution in [-0.4, -0.2) is 4.57 Å². The standard InChI is InChI=1S/C24H16N.Y/c1-2-9-18(10-3-1)19-11-8-12-20(17-19)25-23-15-6-4-13-21(23)22-14-5-7-16-24(22)25;/h2-17H;/q-1;. The summed E-state index contributed by atoms with van der Waals surface area (Å²) in [5.41, 5.74) is 6.09. The molecule has 2 heteroatoms. The summed E-state index contributed by atoms with van der Waals surface area (Å²) in [4.78, 5) is 0. The van der Waals surface area contributed by atoms with Gasteiger partial charge in [-0.25, -0.2) is 0 Å². The molecule has 0 spiro atoms. The summed E-state index contributed by atoms with van der Waals surface area (Å²) < 4.78 is 2.35. The van der Waals surface area contributed by atoms with Crippen molar-refractivity contribution in [1.29, 1.82) is 0 Å². The first-order chi connectivity index (χ1) is 12.4. The van der Waals surface area contributed by atoms with Gasteiger partial charge in [0.05, 0.1) is 11.0 Å². The van der Waals surface area contributed by atoms with E-state index in [0.717, 1.165) is 0 Å². The zero-order chi connectivity index (χ0) is 16.6. The summed E-state index contributed by atoms with van der Waals surface area (Å²) in [7, 11) is 0. The Hall–Kier alpha value is -2.22. The van der Waals surface area contributed by atoms with Crippen LogP contribution in [0.4, 0.5) is 0 Å². The summed E-state index contributed by atoms with van der Waals surface area (Å²) >= 11 is 0. The number of hydrogen-bond acceptors (Lipinski definition) is 0. The van der Waals surface area contributed by atoms with Crippen LogP contribution in [0, 0.1) is 6.07 Å². The van der Waals surface area contributed by atoms with Gasteiger partial charge in [0.25, 0.3) is 0 Å². The molecule has 0 saturated carbocycles. The molecular formula is C24H16NY-. The van der Waals surface area contributed by atoms with E-state index in [0.29, 0.717) is 0 Å². The van der Waals surface area contributed by atoms with Gasteiger partial charge < -0.3 is 4.57 Å². The Balaban J connectivity index is 0.00000168. The minimum Gasteiger partial charge on any atom is -0.309 e. The van der Waals surface area contributed by atoms with Gasteiger partial charge in [0, 0.05) is 49.2 Å². The van der Waals surface area contributed by atoms with Gasteiger partial charge in [0.2, 0.25) is 0 Å². The van der Waals surface area contributed by atoms with Crippen molar-refractivity contribution in [1.82, 2.24) is 4.57 Å². The second-order valence-electron chi connectivity index (χ2n) is 6.21. The molecule has 5 aromatic rings. The third-order valence-electron chi connectivity index (χ3n) is 4.74. The van der Waals surface area contributed by atoms with E-state index in [4.69, 9.17) is 0 Å².